The molecule has 0 aliphatic heterocycles. The van der Waals surface area contributed by atoms with Crippen LogP contribution in [0.5, 0.6) is 0 Å². The first-order valence-electron chi connectivity index (χ1n) is 7.35. The van der Waals surface area contributed by atoms with E-state index in [1.807, 2.05) is 47.3 Å². The fourth-order valence-corrected chi connectivity index (χ4v) is 1.89. The van der Waals surface area contributed by atoms with Gasteiger partial charge in [-0.25, -0.2) is 4.68 Å². The molecule has 0 atom stereocenters. The molecule has 0 aliphatic carbocycles. The van der Waals surface area contributed by atoms with Crippen LogP contribution >= 0.6 is 24.0 Å². The molecule has 24 heavy (non-hydrogen) atoms. The summed E-state index contributed by atoms with van der Waals surface area (Å²) in [6.07, 6.45) is 1.91. The van der Waals surface area contributed by atoms with Crippen molar-refractivity contribution >= 4 is 35.8 Å². The fourth-order valence-electron chi connectivity index (χ4n) is 1.89. The lowest BCUT2D eigenvalue weighted by atomic mass is 10.3. The molecule has 0 saturated carbocycles. The SMILES string of the molecule is CN=C(NCC(=O)N(C)C)NCc1ccn(-c2ccccc2)n1.I. The van der Waals surface area contributed by atoms with Gasteiger partial charge >= 0.3 is 0 Å². The number of rotatable bonds is 5. The number of hydrogen-bond acceptors (Lipinski definition) is 3. The monoisotopic (exact) mass is 442 g/mol. The molecule has 8 heteroatoms. The van der Waals surface area contributed by atoms with Crippen LogP contribution in [0.1, 0.15) is 5.69 Å². The third kappa shape index (κ3) is 5.84. The number of hydrogen-bond donors (Lipinski definition) is 2. The van der Waals surface area contributed by atoms with E-state index in [1.165, 1.54) is 4.90 Å². The first kappa shape index (κ1) is 19.9. The molecule has 0 fully saturated rings. The Bertz CT molecular complexity index is 668. The molecule has 1 amide bonds. The van der Waals surface area contributed by atoms with Gasteiger partial charge in [-0.2, -0.15) is 5.10 Å². The number of likely N-dealkylation sites (N-methyl/N-ethyl adjacent to an activating group) is 1. The van der Waals surface area contributed by atoms with E-state index in [1.54, 1.807) is 21.1 Å². The third-order valence-electron chi connectivity index (χ3n) is 3.23. The number of nitrogens with one attached hydrogen (secondary N) is 2. The minimum atomic E-state index is -0.0127. The number of guanidine groups is 1. The molecule has 0 aliphatic rings. The van der Waals surface area contributed by atoms with Crippen molar-refractivity contribution in [2.24, 2.45) is 4.99 Å². The average Bonchev–Trinajstić information content (AvgIpc) is 3.04. The van der Waals surface area contributed by atoms with Gasteiger partial charge in [0, 0.05) is 27.3 Å². The largest absolute Gasteiger partial charge is 0.351 e. The number of halogens is 1. The van der Waals surface area contributed by atoms with Gasteiger partial charge in [0.2, 0.25) is 5.91 Å². The van der Waals surface area contributed by atoms with Gasteiger partial charge in [0.05, 0.1) is 24.5 Å². The van der Waals surface area contributed by atoms with Crippen molar-refractivity contribution in [2.75, 3.05) is 27.7 Å². The van der Waals surface area contributed by atoms with Gasteiger partial charge in [-0.3, -0.25) is 9.79 Å². The van der Waals surface area contributed by atoms with E-state index in [9.17, 15) is 4.79 Å². The molecule has 2 aromatic rings. The minimum Gasteiger partial charge on any atom is -0.351 e. The Kier molecular flexibility index (Phi) is 8.24. The number of benzene rings is 1. The number of aliphatic imine (C=N–C) groups is 1. The van der Waals surface area contributed by atoms with Crippen LogP contribution < -0.4 is 10.6 Å². The van der Waals surface area contributed by atoms with Gasteiger partial charge in [-0.05, 0) is 18.2 Å². The second kappa shape index (κ2) is 9.91. The Morgan fingerprint density at radius 3 is 2.54 bits per heavy atom. The van der Waals surface area contributed by atoms with Crippen molar-refractivity contribution in [3.63, 3.8) is 0 Å². The molecule has 0 saturated heterocycles. The number of carbonyl (C=O) groups is 1. The summed E-state index contributed by atoms with van der Waals surface area (Å²) in [5.41, 5.74) is 1.90. The van der Waals surface area contributed by atoms with Gasteiger partial charge in [0.25, 0.3) is 0 Å². The lowest BCUT2D eigenvalue weighted by Crippen LogP contribution is -2.42. The van der Waals surface area contributed by atoms with Gasteiger partial charge in [0.15, 0.2) is 5.96 Å². The molecule has 130 valence electrons. The van der Waals surface area contributed by atoms with Gasteiger partial charge in [-0.15, -0.1) is 24.0 Å². The van der Waals surface area contributed by atoms with E-state index in [4.69, 9.17) is 0 Å². The van der Waals surface area contributed by atoms with Gasteiger partial charge < -0.3 is 15.5 Å². The molecule has 1 heterocycles. The molecule has 1 aromatic carbocycles. The molecule has 0 radical (unpaired) electrons. The van der Waals surface area contributed by atoms with E-state index in [0.29, 0.717) is 12.5 Å². The first-order valence-corrected chi connectivity index (χ1v) is 7.35. The zero-order chi connectivity index (χ0) is 16.7. The topological polar surface area (TPSA) is 74.6 Å². The highest BCUT2D eigenvalue weighted by Gasteiger charge is 2.06. The standard InChI is InChI=1S/C16H22N6O.HI/c1-17-16(19-12-15(23)21(2)3)18-11-13-9-10-22(20-13)14-7-5-4-6-8-14;/h4-10H,11-12H2,1-3H3,(H2,17,18,19);1H. The number of nitrogens with zero attached hydrogens (tertiary/aromatic N) is 4. The van der Waals surface area contributed by atoms with Crippen LogP contribution in [0.15, 0.2) is 47.6 Å². The van der Waals surface area contributed by atoms with Crippen LogP contribution in [0, 0.1) is 0 Å². The maximum Gasteiger partial charge on any atom is 0.241 e. The number of para-hydroxylation sites is 1. The predicted molar refractivity (Wildman–Crippen MR) is 106 cm³/mol. The first-order chi connectivity index (χ1) is 11.1. The lowest BCUT2D eigenvalue weighted by molar-refractivity contribution is -0.127. The summed E-state index contributed by atoms with van der Waals surface area (Å²) in [6.45, 7) is 0.723. The predicted octanol–water partition coefficient (Wildman–Crippen LogP) is 1.24. The van der Waals surface area contributed by atoms with Crippen molar-refractivity contribution in [3.05, 3.63) is 48.3 Å². The van der Waals surface area contributed by atoms with E-state index in [2.05, 4.69) is 20.7 Å². The summed E-state index contributed by atoms with van der Waals surface area (Å²) in [7, 11) is 5.10. The summed E-state index contributed by atoms with van der Waals surface area (Å²) in [6, 6.07) is 11.9. The molecule has 7 nitrogen and oxygen atoms in total. The average molecular weight is 442 g/mol. The van der Waals surface area contributed by atoms with E-state index in [-0.39, 0.29) is 36.4 Å². The zero-order valence-electron chi connectivity index (χ0n) is 14.1. The summed E-state index contributed by atoms with van der Waals surface area (Å²) >= 11 is 0. The molecule has 0 unspecified atom stereocenters. The minimum absolute atomic E-state index is 0. The highest BCUT2D eigenvalue weighted by Crippen LogP contribution is 2.06. The lowest BCUT2D eigenvalue weighted by Gasteiger charge is -2.13. The van der Waals surface area contributed by atoms with Gasteiger partial charge in [-0.1, -0.05) is 18.2 Å². The van der Waals surface area contributed by atoms with E-state index >= 15 is 0 Å². The smallest absolute Gasteiger partial charge is 0.241 e. The quantitative estimate of drug-likeness (QED) is 0.415. The van der Waals surface area contributed by atoms with E-state index < -0.39 is 0 Å². The molecule has 0 spiro atoms. The van der Waals surface area contributed by atoms with Crippen LogP contribution in [0.25, 0.3) is 5.69 Å². The Labute approximate surface area is 159 Å². The Morgan fingerprint density at radius 1 is 1.21 bits per heavy atom. The zero-order valence-corrected chi connectivity index (χ0v) is 16.4. The third-order valence-corrected chi connectivity index (χ3v) is 3.23. The summed E-state index contributed by atoms with van der Waals surface area (Å²) < 4.78 is 1.82. The van der Waals surface area contributed by atoms with Crippen molar-refractivity contribution in [3.8, 4) is 5.69 Å². The summed E-state index contributed by atoms with van der Waals surface area (Å²) in [5, 5.41) is 10.6. The molecule has 0 bridgehead atoms. The normalized spacial score (nSPS) is 10.7. The Morgan fingerprint density at radius 2 is 1.92 bits per heavy atom. The highest BCUT2D eigenvalue weighted by molar-refractivity contribution is 14.0. The van der Waals surface area contributed by atoms with Crippen molar-refractivity contribution in [1.29, 1.82) is 0 Å². The van der Waals surface area contributed by atoms with Crippen LogP contribution in [-0.2, 0) is 11.3 Å². The molecule has 2 rings (SSSR count). The maximum absolute atomic E-state index is 11.6. The summed E-state index contributed by atoms with van der Waals surface area (Å²) in [5.74, 6) is 0.552. The highest BCUT2D eigenvalue weighted by atomic mass is 127. The Balaban J connectivity index is 0.00000288. The molecular formula is C16H23IN6O. The summed E-state index contributed by atoms with van der Waals surface area (Å²) in [4.78, 5) is 17.2. The second-order valence-corrected chi connectivity index (χ2v) is 5.15. The van der Waals surface area contributed by atoms with Gasteiger partial charge in [0.1, 0.15) is 0 Å². The van der Waals surface area contributed by atoms with E-state index in [0.717, 1.165) is 11.4 Å². The second-order valence-electron chi connectivity index (χ2n) is 5.15. The molecule has 1 aromatic heterocycles. The maximum atomic E-state index is 11.6. The number of aromatic nitrogens is 2. The van der Waals surface area contributed by atoms with Crippen molar-refractivity contribution < 1.29 is 4.79 Å². The molecule has 2 N–H and O–H groups in total. The van der Waals surface area contributed by atoms with Crippen LogP contribution in [0.4, 0.5) is 0 Å². The van der Waals surface area contributed by atoms with Crippen molar-refractivity contribution in [2.45, 2.75) is 6.54 Å². The fraction of sp³-hybridized carbons (Fsp3) is 0.312. The van der Waals surface area contributed by atoms with Crippen LogP contribution in [0.2, 0.25) is 0 Å². The Hall–Kier alpha value is -2.10. The number of amides is 1. The van der Waals surface area contributed by atoms with Crippen LogP contribution in [-0.4, -0.2) is 54.2 Å². The number of carbonyl (C=O) groups excluding carboxylic acids is 1. The van der Waals surface area contributed by atoms with Crippen LogP contribution in [0.3, 0.4) is 0 Å². The molecular weight excluding hydrogens is 419 g/mol. The van der Waals surface area contributed by atoms with Crippen molar-refractivity contribution in [1.82, 2.24) is 25.3 Å².